The van der Waals surface area contributed by atoms with Crippen LogP contribution in [0.2, 0.25) is 11.8 Å². The topological polar surface area (TPSA) is 0 Å². The molecule has 1 aliphatic rings. The van der Waals surface area contributed by atoms with Crippen LogP contribution in [0.1, 0.15) is 6.42 Å². The van der Waals surface area contributed by atoms with Crippen molar-refractivity contribution in [2.45, 2.75) is 18.2 Å². The van der Waals surface area contributed by atoms with E-state index < -0.39 is 7.92 Å². The molecule has 27 heavy (non-hydrogen) atoms. The van der Waals surface area contributed by atoms with E-state index in [0.29, 0.717) is 13.4 Å². The summed E-state index contributed by atoms with van der Waals surface area (Å²) < 4.78 is 1.60. The van der Waals surface area contributed by atoms with Crippen molar-refractivity contribution in [1.82, 2.24) is 0 Å². The molecule has 3 aromatic carbocycles. The fourth-order valence-corrected chi connectivity index (χ4v) is 6.07. The van der Waals surface area contributed by atoms with Gasteiger partial charge in [-0.25, -0.2) is 0 Å². The first-order valence-electron chi connectivity index (χ1n) is 8.91. The molecule has 3 aromatic rings. The van der Waals surface area contributed by atoms with E-state index >= 15 is 0 Å². The van der Waals surface area contributed by atoms with Gasteiger partial charge in [0.2, 0.25) is 0 Å². The second-order valence-corrected chi connectivity index (χ2v) is 11.0. The van der Waals surface area contributed by atoms with Gasteiger partial charge in [-0.05, 0) is 23.8 Å². The average Bonchev–Trinajstić information content (AvgIpc) is 3.27. The Morgan fingerprint density at radius 3 is 1.30 bits per heavy atom. The Balaban J connectivity index is 0.000000221. The minimum Gasteiger partial charge on any atom is -0.0622 e. The quantitative estimate of drug-likeness (QED) is 0.362. The van der Waals surface area contributed by atoms with E-state index in [1.54, 1.807) is 4.54 Å². The minimum atomic E-state index is -0.446. The van der Waals surface area contributed by atoms with Crippen LogP contribution in [-0.4, -0.2) is 0 Å². The summed E-state index contributed by atoms with van der Waals surface area (Å²) in [5.41, 5.74) is 0. The van der Waals surface area contributed by atoms with Crippen molar-refractivity contribution in [2.75, 3.05) is 0 Å². The van der Waals surface area contributed by atoms with E-state index in [2.05, 4.69) is 121 Å². The van der Waals surface area contributed by atoms with Gasteiger partial charge >= 0.3 is 54.4 Å². The number of hydrogen-bond acceptors (Lipinski definition) is 0. The molecule has 0 fully saturated rings. The van der Waals surface area contributed by atoms with Gasteiger partial charge in [0, 0.05) is 0 Å². The molecule has 0 atom stereocenters. The van der Waals surface area contributed by atoms with Crippen molar-refractivity contribution in [2.24, 2.45) is 0 Å². The summed E-state index contributed by atoms with van der Waals surface area (Å²) in [6, 6.07) is 32.3. The van der Waals surface area contributed by atoms with Gasteiger partial charge in [-0.1, -0.05) is 91.0 Å². The molecule has 0 unspecified atom stereocenters. The molecule has 0 N–H and O–H groups in total. The number of hydrogen-bond donors (Lipinski definition) is 0. The molecular weight excluding hydrogens is 390 g/mol. The fourth-order valence-electron chi connectivity index (χ4n) is 2.82. The third-order valence-electron chi connectivity index (χ3n) is 4.15. The molecule has 4 rings (SSSR count). The first-order valence-corrected chi connectivity index (χ1v) is 12.7. The predicted octanol–water partition coefficient (Wildman–Crippen LogP) is 5.99. The van der Waals surface area contributed by atoms with Crippen LogP contribution in [0.5, 0.6) is 0 Å². The van der Waals surface area contributed by atoms with Crippen LogP contribution in [0.15, 0.2) is 114 Å². The van der Waals surface area contributed by atoms with Crippen molar-refractivity contribution in [3.63, 3.8) is 0 Å². The van der Waals surface area contributed by atoms with Crippen LogP contribution >= 0.6 is 7.92 Å². The second kappa shape index (κ2) is 10.4. The Morgan fingerprint density at radius 2 is 1.04 bits per heavy atom. The third kappa shape index (κ3) is 5.77. The molecule has 0 saturated carbocycles. The van der Waals surface area contributed by atoms with Gasteiger partial charge in [0.25, 0.3) is 0 Å². The van der Waals surface area contributed by atoms with Crippen LogP contribution in [0.3, 0.4) is 0 Å². The van der Waals surface area contributed by atoms with Gasteiger partial charge in [-0.3, -0.25) is 0 Å². The van der Waals surface area contributed by atoms with E-state index in [0.717, 1.165) is 0 Å². The summed E-state index contributed by atoms with van der Waals surface area (Å²) in [7, 11) is -0.446. The fraction of sp³-hybridized carbons (Fsp3) is 0.120. The number of allylic oxidation sites excluding steroid dienone is 4. The Morgan fingerprint density at radius 1 is 0.630 bits per heavy atom. The zero-order chi connectivity index (χ0) is 18.9. The molecule has 0 saturated heterocycles. The van der Waals surface area contributed by atoms with Gasteiger partial charge < -0.3 is 0 Å². The predicted molar refractivity (Wildman–Crippen MR) is 119 cm³/mol. The summed E-state index contributed by atoms with van der Waals surface area (Å²) in [5, 5.41) is 4.19. The Labute approximate surface area is 169 Å². The Hall–Kier alpha value is -1.94. The van der Waals surface area contributed by atoms with Gasteiger partial charge in [0.15, 0.2) is 0 Å². The average molecular weight is 416 g/mol. The van der Waals surface area contributed by atoms with Crippen LogP contribution in [0, 0.1) is 0 Å². The summed E-state index contributed by atoms with van der Waals surface area (Å²) in [4.78, 5) is 0. The Bertz CT molecular complexity index is 774. The summed E-state index contributed by atoms with van der Waals surface area (Å²) in [6.45, 7) is 0. The van der Waals surface area contributed by atoms with Crippen molar-refractivity contribution in [3.8, 4) is 0 Å². The van der Waals surface area contributed by atoms with E-state index in [1.807, 2.05) is 0 Å². The second-order valence-electron chi connectivity index (χ2n) is 6.18. The smallest absolute Gasteiger partial charge is 0.0134 e. The first-order chi connectivity index (χ1) is 13.3. The maximum atomic E-state index is 2.28. The largest absolute Gasteiger partial charge is 0.0622 e. The van der Waals surface area contributed by atoms with Crippen LogP contribution in [-0.2, 0) is 13.4 Å². The molecule has 0 radical (unpaired) electrons. The zero-order valence-electron chi connectivity index (χ0n) is 15.9. The Kier molecular flexibility index (Phi) is 7.64. The molecule has 0 aliphatic heterocycles. The molecule has 0 bridgehead atoms. The van der Waals surface area contributed by atoms with Gasteiger partial charge in [-0.2, -0.15) is 0 Å². The summed E-state index contributed by atoms with van der Waals surface area (Å²) in [6.07, 6.45) is 7.79. The van der Waals surface area contributed by atoms with Crippen molar-refractivity contribution in [1.29, 1.82) is 0 Å². The molecule has 0 nitrogen and oxygen atoms in total. The van der Waals surface area contributed by atoms with Gasteiger partial charge in [-0.15, -0.1) is 0 Å². The van der Waals surface area contributed by atoms with Crippen molar-refractivity contribution < 1.29 is 13.4 Å². The molecular formula is C25H26NiP. The first kappa shape index (κ1) is 19.8. The zero-order valence-corrected chi connectivity index (χ0v) is 17.7. The molecule has 0 amide bonds. The van der Waals surface area contributed by atoms with Crippen LogP contribution in [0.25, 0.3) is 0 Å². The van der Waals surface area contributed by atoms with E-state index in [1.165, 1.54) is 22.3 Å². The van der Waals surface area contributed by atoms with E-state index in [-0.39, 0.29) is 0 Å². The normalized spacial score (nSPS) is 13.0. The summed E-state index contributed by atoms with van der Waals surface area (Å²) in [5.74, 6) is 4.55. The van der Waals surface area contributed by atoms with Gasteiger partial charge in [0.05, 0.1) is 0 Å². The monoisotopic (exact) mass is 415 g/mol. The van der Waals surface area contributed by atoms with Crippen LogP contribution in [0.4, 0.5) is 0 Å². The molecule has 0 aromatic heterocycles. The maximum Gasteiger partial charge on any atom is -0.0134 e. The minimum absolute atomic E-state index is 0.391. The standard InChI is InChI=1S/C18H15P.C5H5.2CH3.Ni/c1-4-10-16(11-5-1)19(17-12-6-2-7-13-17)18-14-8-3-9-15-18;1-2-4-5-3-1;;;/h1-15H;1-3H,4H2;2*1H3;. The number of benzene rings is 3. The summed E-state index contributed by atoms with van der Waals surface area (Å²) >= 11 is 0.391. The van der Waals surface area contributed by atoms with E-state index in [4.69, 9.17) is 0 Å². The molecule has 141 valence electrons. The molecule has 2 heteroatoms. The molecule has 0 spiro atoms. The van der Waals surface area contributed by atoms with Crippen molar-refractivity contribution in [3.05, 3.63) is 114 Å². The molecule has 1 aliphatic carbocycles. The van der Waals surface area contributed by atoms with Crippen LogP contribution < -0.4 is 15.9 Å². The number of rotatable bonds is 4. The molecule has 0 heterocycles. The van der Waals surface area contributed by atoms with E-state index in [9.17, 15) is 0 Å². The third-order valence-corrected chi connectivity index (χ3v) is 8.23. The van der Waals surface area contributed by atoms with Gasteiger partial charge in [0.1, 0.15) is 0 Å². The van der Waals surface area contributed by atoms with Crippen molar-refractivity contribution >= 4 is 23.8 Å². The maximum absolute atomic E-state index is 2.28. The SMILES string of the molecule is [CH3][Ni]([CH3])[C]1=CC=CC1.c1ccc(P(c2ccccc2)c2ccccc2)cc1.